The molecule has 0 aliphatic carbocycles. The first kappa shape index (κ1) is 19.1. The minimum absolute atomic E-state index is 0.0348. The molecule has 0 amide bonds. The van der Waals surface area contributed by atoms with Crippen LogP contribution < -0.4 is 5.56 Å². The van der Waals surface area contributed by atoms with Gasteiger partial charge in [0.1, 0.15) is 10.7 Å². The van der Waals surface area contributed by atoms with E-state index in [4.69, 9.17) is 10.2 Å². The van der Waals surface area contributed by atoms with Crippen molar-refractivity contribution in [2.45, 2.75) is 34.2 Å². The third-order valence-corrected chi connectivity index (χ3v) is 6.37. The molecule has 4 rings (SSSR count). The Balaban J connectivity index is 1.93. The van der Waals surface area contributed by atoms with Gasteiger partial charge in [0.05, 0.1) is 23.6 Å². The predicted octanol–water partition coefficient (Wildman–Crippen LogP) is 5.28. The van der Waals surface area contributed by atoms with E-state index in [2.05, 4.69) is 38.1 Å². The number of hydrogen-bond donors (Lipinski definition) is 0. The molecule has 0 saturated carbocycles. The maximum Gasteiger partial charge on any atom is 0.263 e. The SMILES string of the molecule is Cc1ccc(-c2c(C)sc3nc(C)n(Cc4cccc(C#N)c4)c(=O)c23)cc1C. The molecular formula is C24H21N3OS. The summed E-state index contributed by atoms with van der Waals surface area (Å²) in [5.41, 5.74) is 5.93. The first-order valence-corrected chi connectivity index (χ1v) is 10.3. The molecule has 0 spiro atoms. The first-order chi connectivity index (χ1) is 13.9. The van der Waals surface area contributed by atoms with E-state index in [0.29, 0.717) is 23.3 Å². The smallest absolute Gasteiger partial charge is 0.263 e. The van der Waals surface area contributed by atoms with Gasteiger partial charge in [-0.3, -0.25) is 9.36 Å². The Kier molecular flexibility index (Phi) is 4.81. The Morgan fingerprint density at radius 1 is 1.07 bits per heavy atom. The molecule has 0 fully saturated rings. The van der Waals surface area contributed by atoms with Crippen LogP contribution in [0.5, 0.6) is 0 Å². The molecule has 144 valence electrons. The fraction of sp³-hybridized carbons (Fsp3) is 0.208. The van der Waals surface area contributed by atoms with Crippen LogP contribution in [0.2, 0.25) is 0 Å². The highest BCUT2D eigenvalue weighted by molar-refractivity contribution is 7.19. The Morgan fingerprint density at radius 3 is 2.59 bits per heavy atom. The molecule has 0 radical (unpaired) electrons. The normalized spacial score (nSPS) is 11.0. The van der Waals surface area contributed by atoms with Crippen LogP contribution in [0, 0.1) is 39.0 Å². The number of thiophene rings is 1. The van der Waals surface area contributed by atoms with Crippen LogP contribution in [0.25, 0.3) is 21.3 Å². The van der Waals surface area contributed by atoms with Gasteiger partial charge >= 0.3 is 0 Å². The molecule has 5 heteroatoms. The van der Waals surface area contributed by atoms with Crippen LogP contribution in [0.15, 0.2) is 47.3 Å². The summed E-state index contributed by atoms with van der Waals surface area (Å²) in [5.74, 6) is 0.678. The third-order valence-electron chi connectivity index (χ3n) is 5.37. The van der Waals surface area contributed by atoms with Crippen molar-refractivity contribution in [1.29, 1.82) is 5.26 Å². The van der Waals surface area contributed by atoms with Crippen molar-refractivity contribution in [2.24, 2.45) is 0 Å². The van der Waals surface area contributed by atoms with Gasteiger partial charge in [0.2, 0.25) is 0 Å². The van der Waals surface area contributed by atoms with Crippen molar-refractivity contribution < 1.29 is 0 Å². The lowest BCUT2D eigenvalue weighted by molar-refractivity contribution is 0.714. The van der Waals surface area contributed by atoms with Gasteiger partial charge in [-0.2, -0.15) is 5.26 Å². The number of nitrogens with zero attached hydrogens (tertiary/aromatic N) is 3. The molecule has 0 atom stereocenters. The van der Waals surface area contributed by atoms with Gasteiger partial charge in [0.25, 0.3) is 5.56 Å². The van der Waals surface area contributed by atoms with Crippen molar-refractivity contribution in [1.82, 2.24) is 9.55 Å². The van der Waals surface area contributed by atoms with Crippen molar-refractivity contribution in [3.63, 3.8) is 0 Å². The molecule has 2 aromatic carbocycles. The third kappa shape index (κ3) is 3.37. The Morgan fingerprint density at radius 2 is 1.86 bits per heavy atom. The summed E-state index contributed by atoms with van der Waals surface area (Å²) in [6.07, 6.45) is 0. The van der Waals surface area contributed by atoms with Crippen molar-refractivity contribution in [3.8, 4) is 17.2 Å². The summed E-state index contributed by atoms with van der Waals surface area (Å²) >= 11 is 1.57. The Hall–Kier alpha value is -3.23. The molecule has 0 aliphatic heterocycles. The number of rotatable bonds is 3. The molecule has 0 bridgehead atoms. The van der Waals surface area contributed by atoms with E-state index in [-0.39, 0.29) is 5.56 Å². The van der Waals surface area contributed by atoms with Crippen molar-refractivity contribution in [2.75, 3.05) is 0 Å². The molecule has 4 nitrogen and oxygen atoms in total. The van der Waals surface area contributed by atoms with Gasteiger partial charge in [-0.1, -0.05) is 30.3 Å². The topological polar surface area (TPSA) is 58.7 Å². The number of nitriles is 1. The Bertz CT molecular complexity index is 1360. The van der Waals surface area contributed by atoms with Crippen LogP contribution in [-0.2, 0) is 6.54 Å². The fourth-order valence-corrected chi connectivity index (χ4v) is 4.73. The lowest BCUT2D eigenvalue weighted by Crippen LogP contribution is -2.24. The number of hydrogen-bond acceptors (Lipinski definition) is 4. The molecule has 0 aliphatic rings. The van der Waals surface area contributed by atoms with E-state index in [9.17, 15) is 4.79 Å². The van der Waals surface area contributed by atoms with Gasteiger partial charge in [-0.15, -0.1) is 11.3 Å². The van der Waals surface area contributed by atoms with Crippen LogP contribution in [0.1, 0.15) is 33.0 Å². The zero-order chi connectivity index (χ0) is 20.7. The standard InChI is InChI=1S/C24H21N3OS/c1-14-8-9-20(10-15(14)2)21-16(3)29-23-22(21)24(28)27(17(4)26-23)13-19-7-5-6-18(11-19)12-25/h5-11H,13H2,1-4H3. The van der Waals surface area contributed by atoms with Crippen LogP contribution in [0.4, 0.5) is 0 Å². The molecule has 29 heavy (non-hydrogen) atoms. The van der Waals surface area contributed by atoms with Gasteiger partial charge < -0.3 is 0 Å². The van der Waals surface area contributed by atoms with Crippen molar-refractivity contribution in [3.05, 3.63) is 85.8 Å². The van der Waals surface area contributed by atoms with E-state index in [0.717, 1.165) is 26.4 Å². The fourth-order valence-electron chi connectivity index (χ4n) is 3.65. The monoisotopic (exact) mass is 399 g/mol. The molecule has 0 N–H and O–H groups in total. The van der Waals surface area contributed by atoms with Gasteiger partial charge in [-0.25, -0.2) is 4.98 Å². The summed E-state index contributed by atoms with van der Waals surface area (Å²) in [7, 11) is 0. The van der Waals surface area contributed by atoms with E-state index < -0.39 is 0 Å². The minimum Gasteiger partial charge on any atom is -0.292 e. The first-order valence-electron chi connectivity index (χ1n) is 9.46. The zero-order valence-electron chi connectivity index (χ0n) is 16.9. The summed E-state index contributed by atoms with van der Waals surface area (Å²) < 4.78 is 1.70. The maximum atomic E-state index is 13.5. The quantitative estimate of drug-likeness (QED) is 0.471. The molecule has 0 saturated heterocycles. The van der Waals surface area contributed by atoms with E-state index in [1.807, 2.05) is 32.0 Å². The summed E-state index contributed by atoms with van der Waals surface area (Å²) in [6.45, 7) is 8.48. The molecular weight excluding hydrogens is 378 g/mol. The van der Waals surface area contributed by atoms with Crippen molar-refractivity contribution >= 4 is 21.6 Å². The highest BCUT2D eigenvalue weighted by Gasteiger charge is 2.19. The van der Waals surface area contributed by atoms with Crippen LogP contribution in [0.3, 0.4) is 0 Å². The molecule has 4 aromatic rings. The predicted molar refractivity (Wildman–Crippen MR) is 119 cm³/mol. The lowest BCUT2D eigenvalue weighted by Gasteiger charge is -2.11. The summed E-state index contributed by atoms with van der Waals surface area (Å²) in [4.78, 5) is 20.1. The van der Waals surface area contributed by atoms with Crippen LogP contribution >= 0.6 is 11.3 Å². The number of fused-ring (bicyclic) bond motifs is 1. The second kappa shape index (κ2) is 7.31. The summed E-state index contributed by atoms with van der Waals surface area (Å²) in [5, 5.41) is 9.83. The number of benzene rings is 2. The largest absolute Gasteiger partial charge is 0.292 e. The van der Waals surface area contributed by atoms with Crippen LogP contribution in [-0.4, -0.2) is 9.55 Å². The van der Waals surface area contributed by atoms with E-state index in [1.54, 1.807) is 22.0 Å². The average molecular weight is 400 g/mol. The highest BCUT2D eigenvalue weighted by atomic mass is 32.1. The molecule has 2 heterocycles. The molecule has 0 unspecified atom stereocenters. The van der Waals surface area contributed by atoms with E-state index >= 15 is 0 Å². The second-order valence-corrected chi connectivity index (χ2v) is 8.58. The van der Waals surface area contributed by atoms with Gasteiger partial charge in [0.15, 0.2) is 0 Å². The minimum atomic E-state index is -0.0348. The zero-order valence-corrected chi connectivity index (χ0v) is 17.7. The molecule has 2 aromatic heterocycles. The maximum absolute atomic E-state index is 13.5. The van der Waals surface area contributed by atoms with Gasteiger partial charge in [-0.05, 0) is 62.1 Å². The number of aromatic nitrogens is 2. The van der Waals surface area contributed by atoms with Gasteiger partial charge in [0, 0.05) is 10.4 Å². The Labute approximate surface area is 173 Å². The average Bonchev–Trinajstić information content (AvgIpc) is 3.03. The number of aryl methyl sites for hydroxylation is 4. The highest BCUT2D eigenvalue weighted by Crippen LogP contribution is 2.36. The second-order valence-electron chi connectivity index (χ2n) is 7.37. The van der Waals surface area contributed by atoms with E-state index in [1.165, 1.54) is 11.1 Å². The summed E-state index contributed by atoms with van der Waals surface area (Å²) in [6, 6.07) is 15.8. The lowest BCUT2D eigenvalue weighted by atomic mass is 9.99.